The Labute approximate surface area is 173 Å². The fourth-order valence-electron chi connectivity index (χ4n) is 2.72. The first kappa shape index (κ1) is 20.7. The molecule has 29 heavy (non-hydrogen) atoms. The van der Waals surface area contributed by atoms with Crippen molar-refractivity contribution in [3.05, 3.63) is 56.2 Å². The molecule has 0 bridgehead atoms. The molecule has 2 aromatic rings. The van der Waals surface area contributed by atoms with Crippen molar-refractivity contribution in [1.29, 1.82) is 0 Å². The number of thioether (sulfide) groups is 1. The fraction of sp³-hybridized carbons (Fsp3) is 0.294. The Hall–Kier alpha value is -2.99. The summed E-state index contributed by atoms with van der Waals surface area (Å²) in [5.74, 6) is -0.359. The monoisotopic (exact) mass is 435 g/mol. The predicted octanol–water partition coefficient (Wildman–Crippen LogP) is 2.72. The van der Waals surface area contributed by atoms with Gasteiger partial charge in [0.05, 0.1) is 23.1 Å². The second-order valence-electron chi connectivity index (χ2n) is 5.87. The van der Waals surface area contributed by atoms with Crippen molar-refractivity contribution in [3.8, 4) is 0 Å². The van der Waals surface area contributed by atoms with E-state index >= 15 is 0 Å². The Morgan fingerprint density at radius 2 is 2.21 bits per heavy atom. The molecule has 1 aromatic carbocycles. The molecule has 2 amide bonds. The molecule has 1 aliphatic rings. The van der Waals surface area contributed by atoms with Crippen LogP contribution in [0.4, 0.5) is 10.5 Å². The van der Waals surface area contributed by atoms with Gasteiger partial charge in [0.25, 0.3) is 5.69 Å². The lowest BCUT2D eigenvalue weighted by molar-refractivity contribution is -0.384. The number of carbonyl (C=O) groups excluding carboxylic acids is 2. The molecule has 0 radical (unpaired) electrons. The van der Waals surface area contributed by atoms with Crippen molar-refractivity contribution in [2.45, 2.75) is 24.2 Å². The number of ether oxygens (including phenoxy) is 1. The van der Waals surface area contributed by atoms with Gasteiger partial charge >= 0.3 is 12.0 Å². The predicted molar refractivity (Wildman–Crippen MR) is 107 cm³/mol. The van der Waals surface area contributed by atoms with Gasteiger partial charge in [-0.25, -0.2) is 9.59 Å². The SMILES string of the molecule is CCOC(=O)C1=C(CSc2nnc(C)s2)NC(=O)NC1c1cccc([N+](=O)[O-])c1. The minimum Gasteiger partial charge on any atom is -0.463 e. The molecule has 1 aliphatic heterocycles. The van der Waals surface area contributed by atoms with Crippen molar-refractivity contribution in [1.82, 2.24) is 20.8 Å². The van der Waals surface area contributed by atoms with Gasteiger partial charge in [-0.05, 0) is 19.4 Å². The number of hydrogen-bond donors (Lipinski definition) is 2. The number of nitrogens with zero attached hydrogens (tertiary/aromatic N) is 3. The molecule has 0 saturated heterocycles. The summed E-state index contributed by atoms with van der Waals surface area (Å²) < 4.78 is 5.87. The first-order valence-corrected chi connectivity index (χ1v) is 10.3. The van der Waals surface area contributed by atoms with E-state index in [1.165, 1.54) is 41.3 Å². The van der Waals surface area contributed by atoms with E-state index in [1.54, 1.807) is 13.0 Å². The number of nitro benzene ring substituents is 1. The lowest BCUT2D eigenvalue weighted by Gasteiger charge is -2.29. The third kappa shape index (κ3) is 4.90. The zero-order valence-corrected chi connectivity index (χ0v) is 17.1. The maximum Gasteiger partial charge on any atom is 0.338 e. The highest BCUT2D eigenvalue weighted by Gasteiger charge is 2.34. The number of carbonyl (C=O) groups is 2. The number of benzene rings is 1. The normalized spacial score (nSPS) is 16.2. The molecule has 0 aliphatic carbocycles. The number of rotatable bonds is 7. The van der Waals surface area contributed by atoms with Gasteiger partial charge in [0.2, 0.25) is 0 Å². The van der Waals surface area contributed by atoms with E-state index in [4.69, 9.17) is 4.74 Å². The average Bonchev–Trinajstić information content (AvgIpc) is 3.11. The highest BCUT2D eigenvalue weighted by atomic mass is 32.2. The minimum absolute atomic E-state index is 0.140. The Bertz CT molecular complexity index is 990. The molecule has 12 heteroatoms. The van der Waals surface area contributed by atoms with Gasteiger partial charge in [0.15, 0.2) is 4.34 Å². The number of aromatic nitrogens is 2. The van der Waals surface area contributed by atoms with E-state index in [9.17, 15) is 19.7 Å². The molecular formula is C17H17N5O5S2. The molecule has 1 atom stereocenters. The molecule has 0 fully saturated rings. The molecule has 1 aromatic heterocycles. The average molecular weight is 435 g/mol. The fourth-order valence-corrected chi connectivity index (χ4v) is 4.50. The summed E-state index contributed by atoms with van der Waals surface area (Å²) in [5, 5.41) is 25.2. The van der Waals surface area contributed by atoms with Crippen molar-refractivity contribution < 1.29 is 19.2 Å². The molecule has 152 valence electrons. The van der Waals surface area contributed by atoms with Gasteiger partial charge in [0, 0.05) is 23.6 Å². The summed E-state index contributed by atoms with van der Waals surface area (Å²) in [6.45, 7) is 3.65. The summed E-state index contributed by atoms with van der Waals surface area (Å²) in [7, 11) is 0. The summed E-state index contributed by atoms with van der Waals surface area (Å²) in [6, 6.07) is 4.39. The van der Waals surface area contributed by atoms with E-state index in [0.29, 0.717) is 15.6 Å². The molecule has 10 nitrogen and oxygen atoms in total. The van der Waals surface area contributed by atoms with Crippen LogP contribution in [0.25, 0.3) is 0 Å². The molecule has 2 N–H and O–H groups in total. The van der Waals surface area contributed by atoms with Gasteiger partial charge in [-0.3, -0.25) is 10.1 Å². The van der Waals surface area contributed by atoms with Crippen LogP contribution in [-0.4, -0.2) is 39.5 Å². The van der Waals surface area contributed by atoms with Crippen LogP contribution in [0, 0.1) is 17.0 Å². The number of esters is 1. The van der Waals surface area contributed by atoms with E-state index in [1.807, 2.05) is 6.92 Å². The summed E-state index contributed by atoms with van der Waals surface area (Å²) >= 11 is 2.72. The van der Waals surface area contributed by atoms with Crippen molar-refractivity contribution in [2.24, 2.45) is 0 Å². The quantitative estimate of drug-likeness (QED) is 0.293. The Balaban J connectivity index is 2.00. The largest absolute Gasteiger partial charge is 0.463 e. The second kappa shape index (κ2) is 9.01. The summed E-state index contributed by atoms with van der Waals surface area (Å²) in [6.07, 6.45) is 0. The minimum atomic E-state index is -0.880. The lowest BCUT2D eigenvalue weighted by atomic mass is 9.95. The molecular weight excluding hydrogens is 418 g/mol. The molecule has 3 rings (SSSR count). The molecule has 0 spiro atoms. The Kier molecular flexibility index (Phi) is 6.44. The van der Waals surface area contributed by atoms with Gasteiger partial charge in [-0.2, -0.15) is 0 Å². The van der Waals surface area contributed by atoms with E-state index in [0.717, 1.165) is 5.01 Å². The van der Waals surface area contributed by atoms with Crippen LogP contribution >= 0.6 is 23.1 Å². The first-order valence-electron chi connectivity index (χ1n) is 8.54. The van der Waals surface area contributed by atoms with Crippen LogP contribution in [-0.2, 0) is 9.53 Å². The van der Waals surface area contributed by atoms with Crippen molar-refractivity contribution in [3.63, 3.8) is 0 Å². The smallest absolute Gasteiger partial charge is 0.338 e. The van der Waals surface area contributed by atoms with Crippen molar-refractivity contribution >= 4 is 40.8 Å². The van der Waals surface area contributed by atoms with Gasteiger partial charge in [-0.1, -0.05) is 35.2 Å². The molecule has 0 saturated carbocycles. The third-order valence-corrected chi connectivity index (χ3v) is 5.91. The maximum atomic E-state index is 12.7. The van der Waals surface area contributed by atoms with Gasteiger partial charge < -0.3 is 15.4 Å². The molecule has 1 unspecified atom stereocenters. The van der Waals surface area contributed by atoms with E-state index in [-0.39, 0.29) is 23.6 Å². The zero-order chi connectivity index (χ0) is 21.0. The Morgan fingerprint density at radius 3 is 2.86 bits per heavy atom. The standard InChI is InChI=1S/C17H17N5O5S2/c1-3-27-15(23)13-12(8-28-17-21-20-9(2)29-17)18-16(24)19-14(13)10-5-4-6-11(7-10)22(25)26/h4-7,14H,3,8H2,1-2H3,(H2,18,19,24). The maximum absolute atomic E-state index is 12.7. The first-order chi connectivity index (χ1) is 13.9. The summed E-state index contributed by atoms with van der Waals surface area (Å²) in [5.41, 5.74) is 0.826. The number of hydrogen-bond acceptors (Lipinski definition) is 9. The number of amides is 2. The van der Waals surface area contributed by atoms with Crippen LogP contribution in [0.2, 0.25) is 0 Å². The van der Waals surface area contributed by atoms with Crippen LogP contribution in [0.15, 0.2) is 39.9 Å². The third-order valence-electron chi connectivity index (χ3n) is 3.91. The number of non-ortho nitro benzene ring substituents is 1. The summed E-state index contributed by atoms with van der Waals surface area (Å²) in [4.78, 5) is 35.5. The van der Waals surface area contributed by atoms with Crippen molar-refractivity contribution in [2.75, 3.05) is 12.4 Å². The van der Waals surface area contributed by atoms with E-state index < -0.39 is 23.0 Å². The lowest BCUT2D eigenvalue weighted by Crippen LogP contribution is -2.46. The Morgan fingerprint density at radius 1 is 1.41 bits per heavy atom. The number of nitro groups is 1. The topological polar surface area (TPSA) is 136 Å². The van der Waals surface area contributed by atoms with Crippen LogP contribution in [0.5, 0.6) is 0 Å². The molecule has 2 heterocycles. The number of nitrogens with one attached hydrogen (secondary N) is 2. The van der Waals surface area contributed by atoms with Crippen LogP contribution in [0.3, 0.4) is 0 Å². The number of aryl methyl sites for hydroxylation is 1. The van der Waals surface area contributed by atoms with Gasteiger partial charge in [-0.15, -0.1) is 10.2 Å². The van der Waals surface area contributed by atoms with Gasteiger partial charge in [0.1, 0.15) is 5.01 Å². The highest BCUT2D eigenvalue weighted by Crippen LogP contribution is 2.32. The zero-order valence-electron chi connectivity index (χ0n) is 15.5. The van der Waals surface area contributed by atoms with Crippen LogP contribution < -0.4 is 10.6 Å². The van der Waals surface area contributed by atoms with E-state index in [2.05, 4.69) is 20.8 Å². The second-order valence-corrected chi connectivity index (χ2v) is 8.28. The number of urea groups is 1. The van der Waals surface area contributed by atoms with Crippen LogP contribution in [0.1, 0.15) is 23.5 Å². The highest BCUT2D eigenvalue weighted by molar-refractivity contribution is 8.01.